The molecule has 0 aromatic heterocycles. The van der Waals surface area contributed by atoms with Gasteiger partial charge in [0.2, 0.25) is 0 Å². The largest absolute Gasteiger partial charge is 0.310 e. The predicted molar refractivity (Wildman–Crippen MR) is 74.4 cm³/mol. The van der Waals surface area contributed by atoms with Gasteiger partial charge in [-0.3, -0.25) is 0 Å². The lowest BCUT2D eigenvalue weighted by Gasteiger charge is -2.20. The zero-order chi connectivity index (χ0) is 13.2. The summed E-state index contributed by atoms with van der Waals surface area (Å²) >= 11 is 5.81. The molecule has 100 valence electrons. The molecular formula is C15H21ClFN. The second-order valence-electron chi connectivity index (χ2n) is 5.53. The Bertz CT molecular complexity index is 415. The Balaban J connectivity index is 1.91. The fourth-order valence-electron chi connectivity index (χ4n) is 2.49. The molecular weight excluding hydrogens is 249 g/mol. The molecule has 1 saturated carbocycles. The number of hydrogen-bond acceptors (Lipinski definition) is 1. The van der Waals surface area contributed by atoms with Gasteiger partial charge >= 0.3 is 0 Å². The van der Waals surface area contributed by atoms with Crippen LogP contribution >= 0.6 is 11.6 Å². The van der Waals surface area contributed by atoms with E-state index in [1.807, 2.05) is 0 Å². The monoisotopic (exact) mass is 269 g/mol. The molecule has 1 unspecified atom stereocenters. The van der Waals surface area contributed by atoms with Crippen molar-refractivity contribution in [1.82, 2.24) is 5.32 Å². The summed E-state index contributed by atoms with van der Waals surface area (Å²) < 4.78 is 13.1. The molecule has 1 fully saturated rings. The molecule has 0 amide bonds. The van der Waals surface area contributed by atoms with E-state index in [9.17, 15) is 4.39 Å². The number of hydrogen-bond donors (Lipinski definition) is 1. The van der Waals surface area contributed by atoms with Crippen LogP contribution in [0.4, 0.5) is 4.39 Å². The molecule has 2 rings (SSSR count). The standard InChI is InChI=1S/C15H21ClFN/c1-3-6-15(7-8-15)10-18-11(2)12-4-5-14(17)13(16)9-12/h4-5,9,11,18H,3,6-8,10H2,1-2H3. The van der Waals surface area contributed by atoms with Gasteiger partial charge in [0.25, 0.3) is 0 Å². The highest BCUT2D eigenvalue weighted by Crippen LogP contribution is 2.49. The highest BCUT2D eigenvalue weighted by atomic mass is 35.5. The van der Waals surface area contributed by atoms with Crippen LogP contribution < -0.4 is 5.32 Å². The molecule has 1 aliphatic carbocycles. The maximum absolute atomic E-state index is 13.1. The van der Waals surface area contributed by atoms with Gasteiger partial charge in [-0.05, 0) is 49.3 Å². The van der Waals surface area contributed by atoms with Crippen molar-refractivity contribution in [3.8, 4) is 0 Å². The van der Waals surface area contributed by atoms with Gasteiger partial charge in [-0.25, -0.2) is 4.39 Å². The summed E-state index contributed by atoms with van der Waals surface area (Å²) in [4.78, 5) is 0. The molecule has 1 aromatic carbocycles. The molecule has 1 nitrogen and oxygen atoms in total. The van der Waals surface area contributed by atoms with Gasteiger partial charge in [0.15, 0.2) is 0 Å². The van der Waals surface area contributed by atoms with Crippen LogP contribution in [0, 0.1) is 11.2 Å². The van der Waals surface area contributed by atoms with Crippen molar-refractivity contribution in [3.05, 3.63) is 34.6 Å². The van der Waals surface area contributed by atoms with Gasteiger partial charge in [-0.15, -0.1) is 0 Å². The van der Waals surface area contributed by atoms with E-state index < -0.39 is 0 Å². The third-order valence-corrected chi connectivity index (χ3v) is 4.25. The van der Waals surface area contributed by atoms with E-state index in [0.717, 1.165) is 12.1 Å². The van der Waals surface area contributed by atoms with Gasteiger partial charge in [0.1, 0.15) is 5.82 Å². The Kier molecular flexibility index (Phi) is 4.29. The smallest absolute Gasteiger partial charge is 0.141 e. The molecule has 0 spiro atoms. The first-order chi connectivity index (χ1) is 8.56. The molecule has 1 aliphatic rings. The topological polar surface area (TPSA) is 12.0 Å². The fourth-order valence-corrected chi connectivity index (χ4v) is 2.68. The molecule has 0 aliphatic heterocycles. The van der Waals surface area contributed by atoms with Crippen molar-refractivity contribution < 1.29 is 4.39 Å². The van der Waals surface area contributed by atoms with Crippen molar-refractivity contribution in [1.29, 1.82) is 0 Å². The lowest BCUT2D eigenvalue weighted by Crippen LogP contribution is -2.26. The quantitative estimate of drug-likeness (QED) is 0.789. The molecule has 0 saturated heterocycles. The van der Waals surface area contributed by atoms with Crippen LogP contribution in [-0.4, -0.2) is 6.54 Å². The van der Waals surface area contributed by atoms with Gasteiger partial charge in [-0.1, -0.05) is 31.0 Å². The minimum absolute atomic E-state index is 0.204. The molecule has 18 heavy (non-hydrogen) atoms. The maximum Gasteiger partial charge on any atom is 0.141 e. The maximum atomic E-state index is 13.1. The van der Waals surface area contributed by atoms with Crippen LogP contribution in [0.25, 0.3) is 0 Å². The first kappa shape index (κ1) is 13.8. The zero-order valence-corrected chi connectivity index (χ0v) is 11.9. The van der Waals surface area contributed by atoms with Gasteiger partial charge in [0.05, 0.1) is 5.02 Å². The Hall–Kier alpha value is -0.600. The molecule has 1 N–H and O–H groups in total. The van der Waals surface area contributed by atoms with Crippen LogP contribution in [0.1, 0.15) is 51.1 Å². The fraction of sp³-hybridized carbons (Fsp3) is 0.600. The number of halogens is 2. The second kappa shape index (κ2) is 5.58. The summed E-state index contributed by atoms with van der Waals surface area (Å²) in [7, 11) is 0. The van der Waals surface area contributed by atoms with Crippen LogP contribution in [0.15, 0.2) is 18.2 Å². The van der Waals surface area contributed by atoms with Crippen molar-refractivity contribution >= 4 is 11.6 Å². The highest BCUT2D eigenvalue weighted by molar-refractivity contribution is 6.30. The van der Waals surface area contributed by atoms with E-state index in [-0.39, 0.29) is 16.9 Å². The van der Waals surface area contributed by atoms with Crippen molar-refractivity contribution in [2.24, 2.45) is 5.41 Å². The first-order valence-corrected chi connectivity index (χ1v) is 7.12. The average molecular weight is 270 g/mol. The molecule has 1 atom stereocenters. The molecule has 3 heteroatoms. The number of rotatable bonds is 6. The number of nitrogens with one attached hydrogen (secondary N) is 1. The Morgan fingerprint density at radius 1 is 1.44 bits per heavy atom. The van der Waals surface area contributed by atoms with E-state index in [0.29, 0.717) is 5.41 Å². The highest BCUT2D eigenvalue weighted by Gasteiger charge is 2.41. The van der Waals surface area contributed by atoms with E-state index >= 15 is 0 Å². The van der Waals surface area contributed by atoms with Crippen molar-refractivity contribution in [3.63, 3.8) is 0 Å². The van der Waals surface area contributed by atoms with Gasteiger partial charge in [0, 0.05) is 12.6 Å². The lowest BCUT2D eigenvalue weighted by atomic mass is 9.99. The van der Waals surface area contributed by atoms with E-state index in [2.05, 4.69) is 19.2 Å². The van der Waals surface area contributed by atoms with Crippen LogP contribution in [0.3, 0.4) is 0 Å². The minimum Gasteiger partial charge on any atom is -0.310 e. The average Bonchev–Trinajstić information content (AvgIpc) is 3.11. The van der Waals surface area contributed by atoms with E-state index in [1.54, 1.807) is 12.1 Å². The Morgan fingerprint density at radius 2 is 2.17 bits per heavy atom. The molecule has 1 aromatic rings. The van der Waals surface area contributed by atoms with E-state index in [1.165, 1.54) is 31.7 Å². The Morgan fingerprint density at radius 3 is 2.72 bits per heavy atom. The lowest BCUT2D eigenvalue weighted by molar-refractivity contribution is 0.397. The second-order valence-corrected chi connectivity index (χ2v) is 5.93. The van der Waals surface area contributed by atoms with Gasteiger partial charge < -0.3 is 5.32 Å². The summed E-state index contributed by atoms with van der Waals surface area (Å²) in [6.45, 7) is 5.39. The van der Waals surface area contributed by atoms with Gasteiger partial charge in [-0.2, -0.15) is 0 Å². The zero-order valence-electron chi connectivity index (χ0n) is 11.1. The normalized spacial score (nSPS) is 18.7. The minimum atomic E-state index is -0.350. The molecule has 0 radical (unpaired) electrons. The van der Waals surface area contributed by atoms with E-state index in [4.69, 9.17) is 11.6 Å². The predicted octanol–water partition coefficient (Wildman–Crippen LogP) is 4.71. The number of benzene rings is 1. The van der Waals surface area contributed by atoms with Crippen molar-refractivity contribution in [2.45, 2.75) is 45.6 Å². The SMILES string of the molecule is CCCC1(CNC(C)c2ccc(F)c(Cl)c2)CC1. The van der Waals surface area contributed by atoms with Crippen LogP contribution in [-0.2, 0) is 0 Å². The molecule has 0 bridgehead atoms. The van der Waals surface area contributed by atoms with Crippen LogP contribution in [0.2, 0.25) is 5.02 Å². The first-order valence-electron chi connectivity index (χ1n) is 6.75. The van der Waals surface area contributed by atoms with Crippen molar-refractivity contribution in [2.75, 3.05) is 6.54 Å². The van der Waals surface area contributed by atoms with Crippen LogP contribution in [0.5, 0.6) is 0 Å². The summed E-state index contributed by atoms with van der Waals surface area (Å²) in [6, 6.07) is 5.18. The summed E-state index contributed by atoms with van der Waals surface area (Å²) in [5, 5.41) is 3.76. The summed E-state index contributed by atoms with van der Waals surface area (Å²) in [6.07, 6.45) is 5.23. The Labute approximate surface area is 114 Å². The summed E-state index contributed by atoms with van der Waals surface area (Å²) in [5.41, 5.74) is 1.58. The third kappa shape index (κ3) is 3.24. The molecule has 0 heterocycles. The third-order valence-electron chi connectivity index (χ3n) is 3.96. The summed E-state index contributed by atoms with van der Waals surface area (Å²) in [5.74, 6) is -0.350.